The average Bonchev–Trinajstić information content (AvgIpc) is 3.68. The van der Waals surface area contributed by atoms with E-state index in [1.54, 1.807) is 24.0 Å². The molecular formula is C35H38FN5O9. The summed E-state index contributed by atoms with van der Waals surface area (Å²) in [6, 6.07) is 7.87. The van der Waals surface area contributed by atoms with Crippen LogP contribution in [0.2, 0.25) is 0 Å². The van der Waals surface area contributed by atoms with Gasteiger partial charge >= 0.3 is 17.4 Å². The van der Waals surface area contributed by atoms with Crippen LogP contribution in [0.4, 0.5) is 4.39 Å². The van der Waals surface area contributed by atoms with Crippen molar-refractivity contribution in [1.82, 2.24) is 25.4 Å². The van der Waals surface area contributed by atoms with Crippen molar-refractivity contribution in [3.05, 3.63) is 104 Å². The van der Waals surface area contributed by atoms with Crippen molar-refractivity contribution >= 4 is 17.8 Å². The minimum Gasteiger partial charge on any atom is -0.457 e. The van der Waals surface area contributed by atoms with Crippen molar-refractivity contribution in [2.24, 2.45) is 5.41 Å². The molecule has 15 heteroatoms. The molecule has 264 valence electrons. The maximum absolute atomic E-state index is 14.4. The van der Waals surface area contributed by atoms with Crippen LogP contribution in [0, 0.1) is 25.1 Å². The van der Waals surface area contributed by atoms with Crippen molar-refractivity contribution in [2.45, 2.75) is 85.0 Å². The number of carbonyl (C=O) groups is 3. The summed E-state index contributed by atoms with van der Waals surface area (Å²) in [5, 5.41) is 8.81. The van der Waals surface area contributed by atoms with Gasteiger partial charge in [0.05, 0.1) is 23.3 Å². The van der Waals surface area contributed by atoms with Gasteiger partial charge in [-0.05, 0) is 76.3 Å². The van der Waals surface area contributed by atoms with Gasteiger partial charge in [-0.1, -0.05) is 26.0 Å². The fourth-order valence-electron chi connectivity index (χ4n) is 6.44. The Morgan fingerprint density at radius 2 is 1.86 bits per heavy atom. The van der Waals surface area contributed by atoms with Gasteiger partial charge in [0.25, 0.3) is 5.91 Å². The third-order valence-corrected chi connectivity index (χ3v) is 9.16. The molecule has 3 atom stereocenters. The number of halogens is 1. The Balaban J connectivity index is 1.38. The lowest BCUT2D eigenvalue weighted by Gasteiger charge is -2.42. The van der Waals surface area contributed by atoms with Crippen LogP contribution in [0.25, 0.3) is 0 Å². The van der Waals surface area contributed by atoms with E-state index in [2.05, 4.69) is 20.5 Å². The van der Waals surface area contributed by atoms with Gasteiger partial charge in [0, 0.05) is 12.1 Å². The van der Waals surface area contributed by atoms with Crippen molar-refractivity contribution in [1.29, 1.82) is 0 Å². The molecule has 4 heterocycles. The Morgan fingerprint density at radius 3 is 2.50 bits per heavy atom. The SMILES string of the molecule is CCC(CC)(C(=O)OCc1oc(=O)oc1C)[C@H]1CC[C@@H](c2cccc(F)c2)N1C(=O)[C@@H](C)NC(=O)c1ccc(Oc2cc(C)n[nH]c2=O)cn1. The Kier molecular flexibility index (Phi) is 10.6. The van der Waals surface area contributed by atoms with Crippen molar-refractivity contribution in [3.63, 3.8) is 0 Å². The number of carbonyl (C=O) groups excluding carboxylic acids is 3. The zero-order valence-electron chi connectivity index (χ0n) is 28.3. The molecule has 0 aliphatic carbocycles. The van der Waals surface area contributed by atoms with Crippen LogP contribution in [0.1, 0.15) is 85.8 Å². The molecule has 14 nitrogen and oxygen atoms in total. The van der Waals surface area contributed by atoms with Crippen molar-refractivity contribution in [3.8, 4) is 11.5 Å². The third-order valence-electron chi connectivity index (χ3n) is 9.16. The van der Waals surface area contributed by atoms with Gasteiger partial charge < -0.3 is 28.5 Å². The summed E-state index contributed by atoms with van der Waals surface area (Å²) in [5.74, 6) is -2.66. The van der Waals surface area contributed by atoms with E-state index in [-0.39, 0.29) is 35.3 Å². The molecule has 1 aliphatic heterocycles. The summed E-state index contributed by atoms with van der Waals surface area (Å²) < 4.78 is 35.6. The minimum atomic E-state index is -1.19. The number of H-pyrrole nitrogens is 1. The molecule has 0 radical (unpaired) electrons. The molecule has 0 saturated carbocycles. The number of esters is 1. The Bertz CT molecular complexity index is 1980. The van der Waals surface area contributed by atoms with E-state index in [9.17, 15) is 28.4 Å². The molecule has 50 heavy (non-hydrogen) atoms. The number of hydrogen-bond acceptors (Lipinski definition) is 11. The summed E-state index contributed by atoms with van der Waals surface area (Å²) in [4.78, 5) is 70.8. The minimum absolute atomic E-state index is 0.00560. The second-order valence-corrected chi connectivity index (χ2v) is 12.2. The van der Waals surface area contributed by atoms with Gasteiger partial charge in [-0.15, -0.1) is 0 Å². The van der Waals surface area contributed by atoms with Gasteiger partial charge in [0.15, 0.2) is 23.9 Å². The molecular weight excluding hydrogens is 653 g/mol. The highest BCUT2D eigenvalue weighted by atomic mass is 19.1. The second-order valence-electron chi connectivity index (χ2n) is 12.2. The van der Waals surface area contributed by atoms with E-state index in [1.165, 1.54) is 50.4 Å². The number of pyridine rings is 1. The quantitative estimate of drug-likeness (QED) is 0.197. The summed E-state index contributed by atoms with van der Waals surface area (Å²) in [7, 11) is 0. The van der Waals surface area contributed by atoms with E-state index in [0.717, 1.165) is 0 Å². The van der Waals surface area contributed by atoms with Gasteiger partial charge in [-0.25, -0.2) is 19.3 Å². The molecule has 3 aromatic heterocycles. The normalized spacial score (nSPS) is 16.6. The lowest BCUT2D eigenvalue weighted by molar-refractivity contribution is -0.165. The lowest BCUT2D eigenvalue weighted by Crippen LogP contribution is -2.56. The number of ether oxygens (including phenoxy) is 2. The van der Waals surface area contributed by atoms with Crippen LogP contribution in [0.15, 0.2) is 67.1 Å². The average molecular weight is 692 g/mol. The van der Waals surface area contributed by atoms with E-state index in [4.69, 9.17) is 18.3 Å². The van der Waals surface area contributed by atoms with Gasteiger partial charge in [-0.2, -0.15) is 5.10 Å². The number of likely N-dealkylation sites (tertiary alicyclic amines) is 1. The fourth-order valence-corrected chi connectivity index (χ4v) is 6.44. The van der Waals surface area contributed by atoms with Crippen LogP contribution in [-0.4, -0.2) is 49.9 Å². The van der Waals surface area contributed by atoms with E-state index in [0.29, 0.717) is 36.9 Å². The maximum Gasteiger partial charge on any atom is 0.519 e. The third kappa shape index (κ3) is 7.36. The Hall–Kier alpha value is -5.60. The van der Waals surface area contributed by atoms with Gasteiger partial charge in [0.2, 0.25) is 5.91 Å². The van der Waals surface area contributed by atoms with E-state index < -0.39 is 58.5 Å². The Morgan fingerprint density at radius 1 is 1.10 bits per heavy atom. The predicted octanol–water partition coefficient (Wildman–Crippen LogP) is 4.66. The first kappa shape index (κ1) is 35.7. The lowest BCUT2D eigenvalue weighted by atomic mass is 9.74. The maximum atomic E-state index is 14.4. The van der Waals surface area contributed by atoms with Crippen LogP contribution < -0.4 is 21.4 Å². The summed E-state index contributed by atoms with van der Waals surface area (Å²) in [5.41, 5.74) is -0.659. The van der Waals surface area contributed by atoms with Crippen molar-refractivity contribution < 1.29 is 37.1 Å². The smallest absolute Gasteiger partial charge is 0.457 e. The zero-order chi connectivity index (χ0) is 36.2. The Labute approximate surface area is 286 Å². The topological polar surface area (TPSA) is 187 Å². The number of nitrogens with one attached hydrogen (secondary N) is 2. The molecule has 1 saturated heterocycles. The first-order chi connectivity index (χ1) is 23.9. The number of aromatic amines is 1. The molecule has 1 aromatic carbocycles. The van der Waals surface area contributed by atoms with Crippen LogP contribution >= 0.6 is 0 Å². The molecule has 1 aliphatic rings. The monoisotopic (exact) mass is 691 g/mol. The number of hydrogen-bond donors (Lipinski definition) is 2. The highest BCUT2D eigenvalue weighted by Gasteiger charge is 2.53. The molecule has 1 fully saturated rings. The van der Waals surface area contributed by atoms with E-state index in [1.807, 2.05) is 13.8 Å². The van der Waals surface area contributed by atoms with Crippen LogP contribution in [-0.2, 0) is 20.9 Å². The number of amides is 2. The van der Waals surface area contributed by atoms with Crippen LogP contribution in [0.3, 0.4) is 0 Å². The number of aryl methyl sites for hydroxylation is 2. The molecule has 0 unspecified atom stereocenters. The number of rotatable bonds is 12. The van der Waals surface area contributed by atoms with Crippen LogP contribution in [0.5, 0.6) is 11.5 Å². The van der Waals surface area contributed by atoms with E-state index >= 15 is 0 Å². The summed E-state index contributed by atoms with van der Waals surface area (Å²) in [6.45, 7) is 8.03. The molecule has 5 rings (SSSR count). The molecule has 2 N–H and O–H groups in total. The van der Waals surface area contributed by atoms with Crippen molar-refractivity contribution in [2.75, 3.05) is 0 Å². The highest BCUT2D eigenvalue weighted by Crippen LogP contribution is 2.47. The zero-order valence-corrected chi connectivity index (χ0v) is 28.3. The molecule has 0 spiro atoms. The predicted molar refractivity (Wildman–Crippen MR) is 175 cm³/mol. The molecule has 0 bridgehead atoms. The first-order valence-corrected chi connectivity index (χ1v) is 16.2. The summed E-state index contributed by atoms with van der Waals surface area (Å²) >= 11 is 0. The second kappa shape index (κ2) is 14.9. The number of nitrogens with zero attached hydrogens (tertiary/aromatic N) is 3. The fraction of sp³-hybridized carbons (Fsp3) is 0.400. The molecule has 4 aromatic rings. The largest absolute Gasteiger partial charge is 0.519 e. The standard InChI is InChI=1S/C35H38FN5O9/c1-6-35(7-2,33(45)47-18-28-21(5)48-34(46)50-28)29-14-13-26(22-9-8-10-23(36)16-22)41(29)32(44)20(4)38-30(42)25-12-11-24(17-37-25)49-27-15-19(3)39-40-31(27)43/h8-12,15-17,20,26,29H,6-7,13-14,18H2,1-5H3,(H,38,42)(H,40,43)/t20-,26+,29-/m1/s1. The highest BCUT2D eigenvalue weighted by molar-refractivity contribution is 5.96. The van der Waals surface area contributed by atoms with Gasteiger partial charge in [-0.3, -0.25) is 19.2 Å². The summed E-state index contributed by atoms with van der Waals surface area (Å²) in [6.07, 6.45) is 2.68. The number of benzene rings is 1. The number of aromatic nitrogens is 3. The molecule has 2 amide bonds. The van der Waals surface area contributed by atoms with Gasteiger partial charge in [0.1, 0.15) is 23.3 Å². The first-order valence-electron chi connectivity index (χ1n) is 16.2.